The molecule has 0 unspecified atom stereocenters. The van der Waals surface area contributed by atoms with Crippen LogP contribution in [0.5, 0.6) is 5.75 Å². The summed E-state index contributed by atoms with van der Waals surface area (Å²) in [5.41, 5.74) is 4.01. The number of halogens is 1. The molecule has 102 valence electrons. The second kappa shape index (κ2) is 7.04. The van der Waals surface area contributed by atoms with Crippen LogP contribution in [0.2, 0.25) is 0 Å². The van der Waals surface area contributed by atoms with Crippen molar-refractivity contribution in [2.45, 2.75) is 0 Å². The molecule has 0 aliphatic carbocycles. The highest BCUT2D eigenvalue weighted by Gasteiger charge is 2.07. The van der Waals surface area contributed by atoms with Crippen LogP contribution in [-0.4, -0.2) is 19.2 Å². The quantitative estimate of drug-likeness (QED) is 0.504. The van der Waals surface area contributed by atoms with E-state index in [1.807, 2.05) is 42.5 Å². The molecule has 0 atom stereocenters. The molecule has 0 radical (unpaired) electrons. The molecule has 5 heteroatoms. The monoisotopic (exact) mass is 380 g/mol. The molecule has 20 heavy (non-hydrogen) atoms. The molecular weight excluding hydrogens is 367 g/mol. The van der Waals surface area contributed by atoms with Gasteiger partial charge in [0.05, 0.1) is 18.9 Å². The van der Waals surface area contributed by atoms with E-state index in [0.717, 1.165) is 14.9 Å². The van der Waals surface area contributed by atoms with Crippen molar-refractivity contribution in [3.05, 3.63) is 63.2 Å². The van der Waals surface area contributed by atoms with Crippen LogP contribution >= 0.6 is 22.6 Å². The summed E-state index contributed by atoms with van der Waals surface area (Å²) in [4.78, 5) is 11.9. The number of carbonyl (C=O) groups is 1. The maximum Gasteiger partial charge on any atom is 0.272 e. The van der Waals surface area contributed by atoms with Crippen molar-refractivity contribution < 1.29 is 9.53 Å². The van der Waals surface area contributed by atoms with Gasteiger partial charge in [-0.25, -0.2) is 5.43 Å². The smallest absolute Gasteiger partial charge is 0.272 e. The van der Waals surface area contributed by atoms with Crippen LogP contribution in [0.4, 0.5) is 0 Å². The first kappa shape index (κ1) is 14.5. The van der Waals surface area contributed by atoms with Gasteiger partial charge in [-0.15, -0.1) is 0 Å². The Hall–Kier alpha value is -1.89. The molecule has 1 N–H and O–H groups in total. The van der Waals surface area contributed by atoms with Gasteiger partial charge in [0.2, 0.25) is 0 Å². The second-order valence-corrected chi connectivity index (χ2v) is 5.11. The molecule has 2 aromatic carbocycles. The molecular formula is C15H13IN2O2. The summed E-state index contributed by atoms with van der Waals surface area (Å²) in [5, 5.41) is 3.95. The Kier molecular flexibility index (Phi) is 5.11. The number of hydrogen-bond acceptors (Lipinski definition) is 3. The Morgan fingerprint density at radius 2 is 1.90 bits per heavy atom. The molecule has 0 heterocycles. The van der Waals surface area contributed by atoms with Crippen LogP contribution in [-0.2, 0) is 0 Å². The zero-order valence-electron chi connectivity index (χ0n) is 10.8. The number of hydrogen-bond donors (Lipinski definition) is 1. The van der Waals surface area contributed by atoms with Crippen LogP contribution < -0.4 is 10.2 Å². The average Bonchev–Trinajstić information content (AvgIpc) is 2.48. The fourth-order valence-electron chi connectivity index (χ4n) is 1.56. The predicted octanol–water partition coefficient (Wildman–Crippen LogP) is 3.06. The van der Waals surface area contributed by atoms with Gasteiger partial charge in [-0.2, -0.15) is 5.10 Å². The van der Waals surface area contributed by atoms with Crippen molar-refractivity contribution in [1.82, 2.24) is 5.43 Å². The van der Waals surface area contributed by atoms with Crippen molar-refractivity contribution in [2.75, 3.05) is 7.11 Å². The minimum Gasteiger partial charge on any atom is -0.497 e. The summed E-state index contributed by atoms with van der Waals surface area (Å²) in [6.07, 6.45) is 1.59. The Balaban J connectivity index is 1.99. The van der Waals surface area contributed by atoms with Crippen LogP contribution in [0.25, 0.3) is 0 Å². The first-order valence-corrected chi connectivity index (χ1v) is 7.00. The van der Waals surface area contributed by atoms with Crippen LogP contribution in [0.3, 0.4) is 0 Å². The van der Waals surface area contributed by atoms with Crippen molar-refractivity contribution in [2.24, 2.45) is 5.10 Å². The van der Waals surface area contributed by atoms with Crippen LogP contribution in [0.1, 0.15) is 15.9 Å². The topological polar surface area (TPSA) is 50.7 Å². The van der Waals surface area contributed by atoms with Gasteiger partial charge < -0.3 is 4.74 Å². The van der Waals surface area contributed by atoms with E-state index in [0.29, 0.717) is 5.56 Å². The Labute approximate surface area is 131 Å². The van der Waals surface area contributed by atoms with Gasteiger partial charge in [-0.3, -0.25) is 4.79 Å². The SMILES string of the molecule is COc1ccc(/C=N/NC(=O)c2ccccc2I)cc1. The van der Waals surface area contributed by atoms with Crippen molar-refractivity contribution >= 4 is 34.7 Å². The van der Waals surface area contributed by atoms with Gasteiger partial charge in [-0.05, 0) is 64.6 Å². The summed E-state index contributed by atoms with van der Waals surface area (Å²) < 4.78 is 5.96. The predicted molar refractivity (Wildman–Crippen MR) is 87.2 cm³/mol. The number of ether oxygens (including phenoxy) is 1. The third-order valence-corrected chi connectivity index (χ3v) is 3.55. The molecule has 1 amide bonds. The van der Waals surface area contributed by atoms with E-state index < -0.39 is 0 Å². The molecule has 0 aliphatic heterocycles. The van der Waals surface area contributed by atoms with Gasteiger partial charge in [0, 0.05) is 3.57 Å². The largest absolute Gasteiger partial charge is 0.497 e. The highest BCUT2D eigenvalue weighted by Crippen LogP contribution is 2.11. The molecule has 0 aliphatic rings. The number of benzene rings is 2. The summed E-state index contributed by atoms with van der Waals surface area (Å²) in [7, 11) is 1.62. The first-order chi connectivity index (χ1) is 9.70. The minimum absolute atomic E-state index is 0.222. The number of nitrogens with one attached hydrogen (secondary N) is 1. The average molecular weight is 380 g/mol. The molecule has 4 nitrogen and oxygen atoms in total. The first-order valence-electron chi connectivity index (χ1n) is 5.92. The van der Waals surface area contributed by atoms with E-state index in [2.05, 4.69) is 33.1 Å². The third kappa shape index (κ3) is 3.80. The maximum absolute atomic E-state index is 11.9. The lowest BCUT2D eigenvalue weighted by Gasteiger charge is -2.02. The lowest BCUT2D eigenvalue weighted by Crippen LogP contribution is -2.18. The molecule has 0 spiro atoms. The second-order valence-electron chi connectivity index (χ2n) is 3.95. The Morgan fingerprint density at radius 3 is 2.55 bits per heavy atom. The zero-order valence-corrected chi connectivity index (χ0v) is 13.0. The highest BCUT2D eigenvalue weighted by atomic mass is 127. The molecule has 0 aromatic heterocycles. The van der Waals surface area contributed by atoms with E-state index in [-0.39, 0.29) is 5.91 Å². The van der Waals surface area contributed by atoms with Gasteiger partial charge in [-0.1, -0.05) is 12.1 Å². The fraction of sp³-hybridized carbons (Fsp3) is 0.0667. The van der Waals surface area contributed by atoms with Crippen molar-refractivity contribution in [1.29, 1.82) is 0 Å². The highest BCUT2D eigenvalue weighted by molar-refractivity contribution is 14.1. The lowest BCUT2D eigenvalue weighted by molar-refractivity contribution is 0.0954. The van der Waals surface area contributed by atoms with Gasteiger partial charge in [0.25, 0.3) is 5.91 Å². The van der Waals surface area contributed by atoms with E-state index in [1.54, 1.807) is 19.4 Å². The van der Waals surface area contributed by atoms with E-state index in [9.17, 15) is 4.79 Å². The lowest BCUT2D eigenvalue weighted by atomic mass is 10.2. The van der Waals surface area contributed by atoms with E-state index in [1.165, 1.54) is 0 Å². The number of nitrogens with zero attached hydrogens (tertiary/aromatic N) is 1. The van der Waals surface area contributed by atoms with Crippen molar-refractivity contribution in [3.8, 4) is 5.75 Å². The Morgan fingerprint density at radius 1 is 1.20 bits per heavy atom. The van der Waals surface area contributed by atoms with Gasteiger partial charge in [0.1, 0.15) is 5.75 Å². The van der Waals surface area contributed by atoms with Crippen LogP contribution in [0.15, 0.2) is 53.6 Å². The molecule has 2 rings (SSSR count). The summed E-state index contributed by atoms with van der Waals surface area (Å²) >= 11 is 2.12. The molecule has 0 saturated carbocycles. The molecule has 2 aromatic rings. The molecule has 0 fully saturated rings. The van der Waals surface area contributed by atoms with Crippen LogP contribution in [0, 0.1) is 3.57 Å². The number of methoxy groups -OCH3 is 1. The van der Waals surface area contributed by atoms with Crippen molar-refractivity contribution in [3.63, 3.8) is 0 Å². The van der Waals surface area contributed by atoms with E-state index >= 15 is 0 Å². The van der Waals surface area contributed by atoms with E-state index in [4.69, 9.17) is 4.74 Å². The number of carbonyl (C=O) groups excluding carboxylic acids is 1. The number of amides is 1. The Bertz CT molecular complexity index is 624. The third-order valence-electron chi connectivity index (χ3n) is 2.61. The molecule has 0 saturated heterocycles. The minimum atomic E-state index is -0.222. The maximum atomic E-state index is 11.9. The zero-order chi connectivity index (χ0) is 14.4. The van der Waals surface area contributed by atoms with Gasteiger partial charge in [0.15, 0.2) is 0 Å². The summed E-state index contributed by atoms with van der Waals surface area (Å²) in [6.45, 7) is 0. The molecule has 0 bridgehead atoms. The summed E-state index contributed by atoms with van der Waals surface area (Å²) in [5.74, 6) is 0.560. The number of rotatable bonds is 4. The number of hydrazone groups is 1. The van der Waals surface area contributed by atoms with Gasteiger partial charge >= 0.3 is 0 Å². The normalized spacial score (nSPS) is 10.5. The standard InChI is InChI=1S/C15H13IN2O2/c1-20-12-8-6-11(7-9-12)10-17-18-15(19)13-4-2-3-5-14(13)16/h2-10H,1H3,(H,18,19)/b17-10+. The fourth-order valence-corrected chi connectivity index (χ4v) is 2.19. The summed E-state index contributed by atoms with van der Waals surface area (Å²) in [6, 6.07) is 14.8.